The highest BCUT2D eigenvalue weighted by atomic mass is 127. The second-order valence-electron chi connectivity index (χ2n) is 5.99. The molecule has 0 saturated carbocycles. The maximum Gasteiger partial charge on any atom is 0.257 e. The summed E-state index contributed by atoms with van der Waals surface area (Å²) in [5.74, 6) is 1.64. The van der Waals surface area contributed by atoms with Gasteiger partial charge in [-0.25, -0.2) is 0 Å². The van der Waals surface area contributed by atoms with Crippen molar-refractivity contribution in [1.29, 1.82) is 0 Å². The van der Waals surface area contributed by atoms with E-state index in [4.69, 9.17) is 21.7 Å². The summed E-state index contributed by atoms with van der Waals surface area (Å²) in [6.45, 7) is 4.82. The average molecular weight is 484 g/mol. The predicted molar refractivity (Wildman–Crippen MR) is 116 cm³/mol. The SMILES string of the molecule is COc1ccc(C(=O)NC(=S)Nc2cccc(OCC(C)C)c2)cc1I. The lowest BCUT2D eigenvalue weighted by molar-refractivity contribution is 0.0977. The topological polar surface area (TPSA) is 59.6 Å². The van der Waals surface area contributed by atoms with Gasteiger partial charge in [0.1, 0.15) is 11.5 Å². The van der Waals surface area contributed by atoms with Crippen LogP contribution in [-0.4, -0.2) is 24.7 Å². The average Bonchev–Trinajstić information content (AvgIpc) is 2.60. The van der Waals surface area contributed by atoms with Crippen molar-refractivity contribution in [2.45, 2.75) is 13.8 Å². The number of hydrogen-bond donors (Lipinski definition) is 2. The maximum absolute atomic E-state index is 12.3. The van der Waals surface area contributed by atoms with Crippen molar-refractivity contribution in [3.8, 4) is 11.5 Å². The first-order chi connectivity index (χ1) is 12.4. The zero-order valence-electron chi connectivity index (χ0n) is 14.8. The molecule has 2 aromatic rings. The Morgan fingerprint density at radius 1 is 1.23 bits per heavy atom. The number of ether oxygens (including phenoxy) is 2. The Kier molecular flexibility index (Phi) is 7.65. The monoisotopic (exact) mass is 484 g/mol. The molecule has 0 aliphatic carbocycles. The van der Waals surface area contributed by atoms with Crippen LogP contribution in [0.25, 0.3) is 0 Å². The summed E-state index contributed by atoms with van der Waals surface area (Å²) in [5, 5.41) is 5.90. The summed E-state index contributed by atoms with van der Waals surface area (Å²) in [5.41, 5.74) is 1.26. The summed E-state index contributed by atoms with van der Waals surface area (Å²) in [6.07, 6.45) is 0. The zero-order valence-corrected chi connectivity index (χ0v) is 17.8. The molecule has 0 aliphatic heterocycles. The minimum atomic E-state index is -0.282. The van der Waals surface area contributed by atoms with Gasteiger partial charge in [0.15, 0.2) is 5.11 Å². The summed E-state index contributed by atoms with van der Waals surface area (Å²) < 4.78 is 11.7. The second-order valence-corrected chi connectivity index (χ2v) is 7.56. The van der Waals surface area contributed by atoms with Gasteiger partial charge >= 0.3 is 0 Å². The van der Waals surface area contributed by atoms with Crippen LogP contribution in [0.3, 0.4) is 0 Å². The highest BCUT2D eigenvalue weighted by molar-refractivity contribution is 14.1. The van der Waals surface area contributed by atoms with E-state index >= 15 is 0 Å². The van der Waals surface area contributed by atoms with Crippen LogP contribution in [-0.2, 0) is 0 Å². The van der Waals surface area contributed by atoms with E-state index in [9.17, 15) is 4.79 Å². The van der Waals surface area contributed by atoms with Gasteiger partial charge in [-0.3, -0.25) is 10.1 Å². The predicted octanol–water partition coefficient (Wildman–Crippen LogP) is 4.46. The number of halogens is 1. The van der Waals surface area contributed by atoms with Gasteiger partial charge in [0.05, 0.1) is 17.3 Å². The number of rotatable bonds is 6. The van der Waals surface area contributed by atoms with Crippen LogP contribution in [0.1, 0.15) is 24.2 Å². The van der Waals surface area contributed by atoms with Gasteiger partial charge in [-0.2, -0.15) is 0 Å². The van der Waals surface area contributed by atoms with Gasteiger partial charge in [-0.1, -0.05) is 19.9 Å². The molecule has 0 aliphatic rings. The lowest BCUT2D eigenvalue weighted by Gasteiger charge is -2.13. The van der Waals surface area contributed by atoms with Crippen LogP contribution >= 0.6 is 34.8 Å². The molecule has 0 saturated heterocycles. The van der Waals surface area contributed by atoms with Gasteiger partial charge in [-0.15, -0.1) is 0 Å². The molecule has 1 amide bonds. The molecular formula is C19H21IN2O3S. The van der Waals surface area contributed by atoms with E-state index in [2.05, 4.69) is 47.1 Å². The van der Waals surface area contributed by atoms with Crippen LogP contribution in [0.2, 0.25) is 0 Å². The van der Waals surface area contributed by atoms with E-state index in [0.29, 0.717) is 18.1 Å². The third-order valence-electron chi connectivity index (χ3n) is 3.32. The van der Waals surface area contributed by atoms with E-state index in [-0.39, 0.29) is 11.0 Å². The lowest BCUT2D eigenvalue weighted by atomic mass is 10.2. The molecule has 0 spiro atoms. The summed E-state index contributed by atoms with van der Waals surface area (Å²) in [7, 11) is 1.59. The molecule has 0 radical (unpaired) electrons. The number of nitrogens with one attached hydrogen (secondary N) is 2. The van der Waals surface area contributed by atoms with Crippen molar-refractivity contribution >= 4 is 51.5 Å². The Hall–Kier alpha value is -1.87. The van der Waals surface area contributed by atoms with Crippen LogP contribution in [0.5, 0.6) is 11.5 Å². The fourth-order valence-corrected chi connectivity index (χ4v) is 3.02. The fraction of sp³-hybridized carbons (Fsp3) is 0.263. The van der Waals surface area contributed by atoms with Crippen LogP contribution in [0, 0.1) is 9.49 Å². The number of anilines is 1. The molecule has 7 heteroatoms. The molecule has 2 rings (SSSR count). The number of methoxy groups -OCH3 is 1. The van der Waals surface area contributed by atoms with Gasteiger partial charge in [-0.05, 0) is 71.1 Å². The maximum atomic E-state index is 12.3. The van der Waals surface area contributed by atoms with E-state index in [1.807, 2.05) is 24.3 Å². The molecule has 2 aromatic carbocycles. The molecule has 138 valence electrons. The molecule has 0 bridgehead atoms. The number of thiocarbonyl (C=S) groups is 1. The Labute approximate surface area is 172 Å². The third kappa shape index (κ3) is 6.14. The smallest absolute Gasteiger partial charge is 0.257 e. The first-order valence-corrected chi connectivity index (χ1v) is 9.56. The Balaban J connectivity index is 1.96. The Morgan fingerprint density at radius 2 is 2.00 bits per heavy atom. The molecule has 26 heavy (non-hydrogen) atoms. The number of carbonyl (C=O) groups is 1. The second kappa shape index (κ2) is 9.72. The normalized spacial score (nSPS) is 10.3. The largest absolute Gasteiger partial charge is 0.496 e. The molecule has 0 atom stereocenters. The van der Waals surface area contributed by atoms with Crippen molar-refractivity contribution in [3.05, 3.63) is 51.6 Å². The Bertz CT molecular complexity index is 796. The van der Waals surface area contributed by atoms with Crippen molar-refractivity contribution in [2.24, 2.45) is 5.92 Å². The fourth-order valence-electron chi connectivity index (χ4n) is 2.07. The molecule has 0 unspecified atom stereocenters. The number of amides is 1. The minimum absolute atomic E-state index is 0.224. The molecule has 0 heterocycles. The number of carbonyl (C=O) groups excluding carboxylic acids is 1. The quantitative estimate of drug-likeness (QED) is 0.469. The summed E-state index contributed by atoms with van der Waals surface area (Å²) in [6, 6.07) is 12.6. The molecule has 5 nitrogen and oxygen atoms in total. The Morgan fingerprint density at radius 3 is 2.65 bits per heavy atom. The minimum Gasteiger partial charge on any atom is -0.496 e. The van der Waals surface area contributed by atoms with Crippen LogP contribution in [0.15, 0.2) is 42.5 Å². The first-order valence-electron chi connectivity index (χ1n) is 8.07. The standard InChI is InChI=1S/C19H21IN2O3S/c1-12(2)11-25-15-6-4-5-14(10-15)21-19(26)22-18(23)13-7-8-17(24-3)16(20)9-13/h4-10,12H,11H2,1-3H3,(H2,21,22,23,26). The van der Waals surface area contributed by atoms with E-state index < -0.39 is 0 Å². The molecule has 0 aromatic heterocycles. The molecule has 2 N–H and O–H groups in total. The van der Waals surface area contributed by atoms with Crippen LogP contribution in [0.4, 0.5) is 5.69 Å². The highest BCUT2D eigenvalue weighted by Crippen LogP contribution is 2.21. The summed E-state index contributed by atoms with van der Waals surface area (Å²) in [4.78, 5) is 12.3. The van der Waals surface area contributed by atoms with E-state index in [0.717, 1.165) is 20.8 Å². The van der Waals surface area contributed by atoms with Gasteiger partial charge < -0.3 is 14.8 Å². The van der Waals surface area contributed by atoms with Gasteiger partial charge in [0.25, 0.3) is 5.91 Å². The number of benzene rings is 2. The first kappa shape index (κ1) is 20.4. The highest BCUT2D eigenvalue weighted by Gasteiger charge is 2.11. The van der Waals surface area contributed by atoms with Crippen molar-refractivity contribution in [2.75, 3.05) is 19.0 Å². The van der Waals surface area contributed by atoms with Crippen molar-refractivity contribution < 1.29 is 14.3 Å². The van der Waals surface area contributed by atoms with E-state index in [1.54, 1.807) is 25.3 Å². The van der Waals surface area contributed by atoms with Gasteiger partial charge in [0, 0.05) is 17.3 Å². The van der Waals surface area contributed by atoms with Gasteiger partial charge in [0.2, 0.25) is 0 Å². The third-order valence-corrected chi connectivity index (χ3v) is 4.36. The number of hydrogen-bond acceptors (Lipinski definition) is 4. The lowest BCUT2D eigenvalue weighted by Crippen LogP contribution is -2.34. The van der Waals surface area contributed by atoms with E-state index in [1.165, 1.54) is 0 Å². The molecular weight excluding hydrogens is 463 g/mol. The molecule has 0 fully saturated rings. The van der Waals surface area contributed by atoms with Crippen molar-refractivity contribution in [3.63, 3.8) is 0 Å². The van der Waals surface area contributed by atoms with Crippen LogP contribution < -0.4 is 20.1 Å². The zero-order chi connectivity index (χ0) is 19.1. The van der Waals surface area contributed by atoms with Crippen molar-refractivity contribution in [1.82, 2.24) is 5.32 Å². The summed E-state index contributed by atoms with van der Waals surface area (Å²) >= 11 is 7.35.